The van der Waals surface area contributed by atoms with Crippen molar-refractivity contribution in [1.82, 2.24) is 4.90 Å². The lowest BCUT2D eigenvalue weighted by Crippen LogP contribution is -2.36. The van der Waals surface area contributed by atoms with Crippen LogP contribution in [0.25, 0.3) is 0 Å². The molecule has 3 N–H and O–H groups in total. The van der Waals surface area contributed by atoms with Crippen LogP contribution in [0, 0.1) is 12.3 Å². The van der Waals surface area contributed by atoms with Gasteiger partial charge in [-0.05, 0) is 18.2 Å². The Kier molecular flexibility index (Phi) is 4.58. The molecule has 1 aromatic rings. The zero-order chi connectivity index (χ0) is 13.7. The lowest BCUT2D eigenvalue weighted by Gasteiger charge is -2.18. The third-order valence-electron chi connectivity index (χ3n) is 2.14. The fraction of sp³-hybridized carbons (Fsp3) is 0.167. The number of amides is 1. The molecular formula is C12H11ClN2O3. The van der Waals surface area contributed by atoms with E-state index in [1.807, 2.05) is 0 Å². The summed E-state index contributed by atoms with van der Waals surface area (Å²) in [6.07, 6.45) is 5.09. The maximum absolute atomic E-state index is 12.0. The summed E-state index contributed by atoms with van der Waals surface area (Å²) in [5, 5.41) is 8.93. The molecule has 0 fully saturated rings. The van der Waals surface area contributed by atoms with Crippen molar-refractivity contribution in [2.45, 2.75) is 0 Å². The summed E-state index contributed by atoms with van der Waals surface area (Å²) in [7, 11) is 0. The Morgan fingerprint density at radius 3 is 2.67 bits per heavy atom. The summed E-state index contributed by atoms with van der Waals surface area (Å²) in [5.74, 6) is 0.593. The van der Waals surface area contributed by atoms with Crippen LogP contribution in [0.2, 0.25) is 5.02 Å². The molecule has 0 aliphatic carbocycles. The van der Waals surface area contributed by atoms with Crippen molar-refractivity contribution in [3.8, 4) is 12.3 Å². The van der Waals surface area contributed by atoms with E-state index < -0.39 is 18.4 Å². The number of hydrogen-bond acceptors (Lipinski definition) is 3. The standard InChI is InChI=1S/C12H11ClN2O3/c1-2-5-15(7-11(16)17)12(18)8-3-4-10(14)9(13)6-8/h1,3-4,6H,5,7,14H2,(H,16,17). The summed E-state index contributed by atoms with van der Waals surface area (Å²) >= 11 is 5.79. The van der Waals surface area contributed by atoms with Crippen LogP contribution in [-0.2, 0) is 4.79 Å². The van der Waals surface area contributed by atoms with Crippen LogP contribution < -0.4 is 5.73 Å². The zero-order valence-corrected chi connectivity index (χ0v) is 10.1. The highest BCUT2D eigenvalue weighted by molar-refractivity contribution is 6.33. The van der Waals surface area contributed by atoms with Gasteiger partial charge in [-0.15, -0.1) is 6.42 Å². The Morgan fingerprint density at radius 1 is 1.50 bits per heavy atom. The van der Waals surface area contributed by atoms with Gasteiger partial charge in [-0.2, -0.15) is 0 Å². The molecule has 0 aromatic heterocycles. The van der Waals surface area contributed by atoms with Crippen LogP contribution in [0.1, 0.15) is 10.4 Å². The van der Waals surface area contributed by atoms with Gasteiger partial charge in [-0.1, -0.05) is 17.5 Å². The molecule has 0 atom stereocenters. The molecule has 1 aromatic carbocycles. The Labute approximate surface area is 109 Å². The van der Waals surface area contributed by atoms with Gasteiger partial charge in [0.2, 0.25) is 0 Å². The summed E-state index contributed by atoms with van der Waals surface area (Å²) in [6.45, 7) is -0.557. The maximum atomic E-state index is 12.0. The number of nitrogens with zero attached hydrogens (tertiary/aromatic N) is 1. The topological polar surface area (TPSA) is 83.6 Å². The van der Waals surface area contributed by atoms with Crippen LogP contribution in [0.3, 0.4) is 0 Å². The van der Waals surface area contributed by atoms with Gasteiger partial charge in [0.25, 0.3) is 5.91 Å². The highest BCUT2D eigenvalue weighted by Crippen LogP contribution is 2.20. The minimum absolute atomic E-state index is 0.0901. The number of aliphatic carboxylic acids is 1. The molecule has 94 valence electrons. The first-order chi connectivity index (χ1) is 8.45. The first kappa shape index (κ1) is 13.9. The predicted octanol–water partition coefficient (Wildman–Crippen LogP) is 1.08. The number of carboxylic acid groups (broad SMARTS) is 1. The van der Waals surface area contributed by atoms with Gasteiger partial charge in [0.1, 0.15) is 6.54 Å². The van der Waals surface area contributed by atoms with Crippen LogP contribution in [0.4, 0.5) is 5.69 Å². The monoisotopic (exact) mass is 266 g/mol. The molecule has 18 heavy (non-hydrogen) atoms. The molecule has 0 aliphatic heterocycles. The minimum atomic E-state index is -1.14. The number of halogens is 1. The van der Waals surface area contributed by atoms with Crippen LogP contribution in [0.15, 0.2) is 18.2 Å². The highest BCUT2D eigenvalue weighted by Gasteiger charge is 2.18. The number of hydrogen-bond donors (Lipinski definition) is 2. The van der Waals surface area contributed by atoms with Crippen molar-refractivity contribution in [2.24, 2.45) is 0 Å². The van der Waals surface area contributed by atoms with Gasteiger partial charge < -0.3 is 15.7 Å². The van der Waals surface area contributed by atoms with Gasteiger partial charge >= 0.3 is 5.97 Å². The van der Waals surface area contributed by atoms with E-state index in [-0.39, 0.29) is 17.1 Å². The lowest BCUT2D eigenvalue weighted by atomic mass is 10.2. The normalized spacial score (nSPS) is 9.56. The molecule has 1 rings (SSSR count). The Hall–Kier alpha value is -2.19. The summed E-state index contributed by atoms with van der Waals surface area (Å²) in [6, 6.07) is 4.32. The summed E-state index contributed by atoms with van der Waals surface area (Å²) in [5.41, 5.74) is 6.10. The number of rotatable bonds is 4. The van der Waals surface area contributed by atoms with Gasteiger partial charge in [-0.3, -0.25) is 9.59 Å². The molecule has 0 unspecified atom stereocenters. The minimum Gasteiger partial charge on any atom is -0.480 e. The number of nitrogens with two attached hydrogens (primary N) is 1. The quantitative estimate of drug-likeness (QED) is 0.631. The molecule has 1 amide bonds. The molecule has 0 spiro atoms. The SMILES string of the molecule is C#CCN(CC(=O)O)C(=O)c1ccc(N)c(Cl)c1. The lowest BCUT2D eigenvalue weighted by molar-refractivity contribution is -0.137. The number of anilines is 1. The Balaban J connectivity index is 2.98. The van der Waals surface area contributed by atoms with E-state index in [1.54, 1.807) is 0 Å². The molecule has 5 nitrogen and oxygen atoms in total. The van der Waals surface area contributed by atoms with Crippen LogP contribution in [-0.4, -0.2) is 35.0 Å². The fourth-order valence-electron chi connectivity index (χ4n) is 1.32. The maximum Gasteiger partial charge on any atom is 0.323 e. The third kappa shape index (κ3) is 3.40. The predicted molar refractivity (Wildman–Crippen MR) is 68.2 cm³/mol. The second-order valence-electron chi connectivity index (χ2n) is 3.50. The smallest absolute Gasteiger partial charge is 0.323 e. The van der Waals surface area contributed by atoms with Crippen molar-refractivity contribution in [3.63, 3.8) is 0 Å². The van der Waals surface area contributed by atoms with E-state index in [2.05, 4.69) is 5.92 Å². The molecule has 6 heteroatoms. The number of carboxylic acids is 1. The first-order valence-corrected chi connectivity index (χ1v) is 5.33. The molecule has 0 saturated carbocycles. The van der Waals surface area contributed by atoms with Crippen LogP contribution in [0.5, 0.6) is 0 Å². The summed E-state index contributed by atoms with van der Waals surface area (Å²) in [4.78, 5) is 23.7. The van der Waals surface area contributed by atoms with Crippen molar-refractivity contribution in [2.75, 3.05) is 18.8 Å². The van der Waals surface area contributed by atoms with Gasteiger partial charge in [0, 0.05) is 5.56 Å². The molecule has 0 radical (unpaired) electrons. The Morgan fingerprint density at radius 2 is 2.17 bits per heavy atom. The molecular weight excluding hydrogens is 256 g/mol. The summed E-state index contributed by atoms with van der Waals surface area (Å²) < 4.78 is 0. The van der Waals surface area contributed by atoms with E-state index in [1.165, 1.54) is 18.2 Å². The largest absolute Gasteiger partial charge is 0.480 e. The highest BCUT2D eigenvalue weighted by atomic mass is 35.5. The van der Waals surface area contributed by atoms with Crippen molar-refractivity contribution >= 4 is 29.2 Å². The van der Waals surface area contributed by atoms with Crippen LogP contribution >= 0.6 is 11.6 Å². The Bertz CT molecular complexity index is 523. The van der Waals surface area contributed by atoms with E-state index in [0.717, 1.165) is 4.90 Å². The second kappa shape index (κ2) is 5.94. The van der Waals surface area contributed by atoms with E-state index in [0.29, 0.717) is 5.69 Å². The second-order valence-corrected chi connectivity index (χ2v) is 3.90. The zero-order valence-electron chi connectivity index (χ0n) is 9.39. The molecule has 0 saturated heterocycles. The number of benzene rings is 1. The third-order valence-corrected chi connectivity index (χ3v) is 2.47. The average molecular weight is 267 g/mol. The molecule has 0 heterocycles. The van der Waals surface area contributed by atoms with E-state index in [4.69, 9.17) is 28.9 Å². The van der Waals surface area contributed by atoms with E-state index >= 15 is 0 Å². The number of nitrogen functional groups attached to an aromatic ring is 1. The van der Waals surface area contributed by atoms with Gasteiger partial charge in [-0.25, -0.2) is 0 Å². The van der Waals surface area contributed by atoms with Crippen molar-refractivity contribution in [1.29, 1.82) is 0 Å². The van der Waals surface area contributed by atoms with Gasteiger partial charge in [0.05, 0.1) is 17.3 Å². The number of terminal acetylenes is 1. The molecule has 0 bridgehead atoms. The van der Waals surface area contributed by atoms with Gasteiger partial charge in [0.15, 0.2) is 0 Å². The number of carbonyl (C=O) groups is 2. The molecule has 0 aliphatic rings. The first-order valence-electron chi connectivity index (χ1n) is 4.95. The van der Waals surface area contributed by atoms with E-state index in [9.17, 15) is 9.59 Å². The number of carbonyl (C=O) groups excluding carboxylic acids is 1. The van der Waals surface area contributed by atoms with Crippen molar-refractivity contribution < 1.29 is 14.7 Å². The van der Waals surface area contributed by atoms with Crippen molar-refractivity contribution in [3.05, 3.63) is 28.8 Å². The fourth-order valence-corrected chi connectivity index (χ4v) is 1.50. The average Bonchev–Trinajstić information content (AvgIpc) is 2.31.